The molecule has 0 aliphatic carbocycles. The highest BCUT2D eigenvalue weighted by molar-refractivity contribution is 7.91. The molecular weight excluding hydrogens is 188 g/mol. The van der Waals surface area contributed by atoms with Crippen LogP contribution < -0.4 is 5.73 Å². The van der Waals surface area contributed by atoms with E-state index in [0.717, 1.165) is 11.3 Å². The van der Waals surface area contributed by atoms with Crippen LogP contribution in [0.2, 0.25) is 0 Å². The third-order valence-corrected chi connectivity index (χ3v) is 3.61. The van der Waals surface area contributed by atoms with E-state index in [9.17, 15) is 8.42 Å². The van der Waals surface area contributed by atoms with Gasteiger partial charge in [0.15, 0.2) is 9.84 Å². The van der Waals surface area contributed by atoms with E-state index in [-0.39, 0.29) is 4.90 Å². The Morgan fingerprint density at radius 3 is 1.92 bits per heavy atom. The summed E-state index contributed by atoms with van der Waals surface area (Å²) < 4.78 is 24.4. The smallest absolute Gasteiger partial charge is 0.179 e. The summed E-state index contributed by atoms with van der Waals surface area (Å²) in [5.74, 6) is 0.317. The van der Waals surface area contributed by atoms with Gasteiger partial charge in [0.25, 0.3) is 0 Å². The van der Waals surface area contributed by atoms with Gasteiger partial charge in [-0.05, 0) is 19.4 Å². The van der Waals surface area contributed by atoms with Crippen LogP contribution in [0.3, 0.4) is 0 Å². The van der Waals surface area contributed by atoms with Gasteiger partial charge in [0, 0.05) is 19.0 Å². The highest BCUT2D eigenvalue weighted by Crippen LogP contribution is 2.27. The van der Waals surface area contributed by atoms with E-state index in [2.05, 4.69) is 0 Å². The van der Waals surface area contributed by atoms with Gasteiger partial charge in [-0.2, -0.15) is 0 Å². The molecule has 0 aliphatic rings. The van der Waals surface area contributed by atoms with Crippen LogP contribution in [-0.4, -0.2) is 19.2 Å². The number of aromatic nitrogens is 1. The second kappa shape index (κ2) is 2.77. The van der Waals surface area contributed by atoms with E-state index in [0.29, 0.717) is 5.82 Å². The Hall–Kier alpha value is -0.970. The molecule has 1 heterocycles. The Balaban J connectivity index is 3.66. The molecule has 74 valence electrons. The Morgan fingerprint density at radius 2 is 1.77 bits per heavy atom. The van der Waals surface area contributed by atoms with Gasteiger partial charge in [-0.1, -0.05) is 0 Å². The average Bonchev–Trinajstić information content (AvgIpc) is 2.14. The summed E-state index contributed by atoms with van der Waals surface area (Å²) in [6.45, 7) is 3.61. The summed E-state index contributed by atoms with van der Waals surface area (Å²) in [5.41, 5.74) is 7.30. The van der Waals surface area contributed by atoms with E-state index in [1.165, 1.54) is 6.26 Å². The van der Waals surface area contributed by atoms with Crippen molar-refractivity contribution in [3.8, 4) is 0 Å². The molecule has 0 unspecified atom stereocenters. The maximum Gasteiger partial charge on any atom is 0.179 e. The first-order chi connectivity index (χ1) is 5.76. The van der Waals surface area contributed by atoms with Crippen molar-refractivity contribution in [3.05, 3.63) is 11.3 Å². The number of hydrogen-bond acceptors (Lipinski definition) is 3. The van der Waals surface area contributed by atoms with Crippen molar-refractivity contribution in [1.29, 1.82) is 0 Å². The Bertz CT molecular complexity index is 418. The molecule has 0 aromatic carbocycles. The number of rotatable bonds is 1. The third kappa shape index (κ3) is 1.44. The zero-order valence-corrected chi connectivity index (χ0v) is 9.07. The van der Waals surface area contributed by atoms with Crippen molar-refractivity contribution in [1.82, 2.24) is 4.57 Å². The van der Waals surface area contributed by atoms with Crippen molar-refractivity contribution in [2.24, 2.45) is 7.05 Å². The summed E-state index contributed by atoms with van der Waals surface area (Å²) in [6.07, 6.45) is 1.17. The fourth-order valence-electron chi connectivity index (χ4n) is 1.41. The summed E-state index contributed by atoms with van der Waals surface area (Å²) in [7, 11) is -1.46. The van der Waals surface area contributed by atoms with Gasteiger partial charge in [0.1, 0.15) is 10.7 Å². The maximum absolute atomic E-state index is 11.3. The SMILES string of the molecule is Cc1c(S(C)(=O)=O)c(N)n(C)c1C. The zero-order valence-electron chi connectivity index (χ0n) is 8.25. The van der Waals surface area contributed by atoms with Crippen LogP contribution in [0.15, 0.2) is 4.90 Å². The Labute approximate surface area is 78.3 Å². The largest absolute Gasteiger partial charge is 0.384 e. The van der Waals surface area contributed by atoms with Crippen LogP contribution in [0.1, 0.15) is 11.3 Å². The van der Waals surface area contributed by atoms with Crippen LogP contribution in [0.4, 0.5) is 5.82 Å². The minimum absolute atomic E-state index is 0.257. The van der Waals surface area contributed by atoms with Gasteiger partial charge in [0.2, 0.25) is 0 Å². The van der Waals surface area contributed by atoms with E-state index >= 15 is 0 Å². The van der Waals surface area contributed by atoms with Gasteiger partial charge >= 0.3 is 0 Å². The first kappa shape index (κ1) is 10.1. The molecule has 1 aromatic rings. The number of sulfone groups is 1. The van der Waals surface area contributed by atoms with Crippen molar-refractivity contribution in [3.63, 3.8) is 0 Å². The van der Waals surface area contributed by atoms with Crippen LogP contribution >= 0.6 is 0 Å². The first-order valence-electron chi connectivity index (χ1n) is 3.88. The van der Waals surface area contributed by atoms with Crippen LogP contribution in [-0.2, 0) is 16.9 Å². The van der Waals surface area contributed by atoms with Gasteiger partial charge < -0.3 is 10.3 Å². The molecule has 0 bridgehead atoms. The van der Waals surface area contributed by atoms with Crippen molar-refractivity contribution in [2.75, 3.05) is 12.0 Å². The summed E-state index contributed by atoms with van der Waals surface area (Å²) in [5, 5.41) is 0. The van der Waals surface area contributed by atoms with Crippen LogP contribution in [0, 0.1) is 13.8 Å². The normalized spacial score (nSPS) is 12.0. The molecule has 0 spiro atoms. The number of anilines is 1. The first-order valence-corrected chi connectivity index (χ1v) is 5.77. The monoisotopic (exact) mass is 202 g/mol. The molecular formula is C8H14N2O2S. The quantitative estimate of drug-likeness (QED) is 0.726. The summed E-state index contributed by atoms with van der Waals surface area (Å²) in [4.78, 5) is 0.257. The number of nitrogen functional groups attached to an aromatic ring is 1. The lowest BCUT2D eigenvalue weighted by molar-refractivity contribution is 0.601. The van der Waals surface area contributed by atoms with Gasteiger partial charge in [-0.15, -0.1) is 0 Å². The number of nitrogens with zero attached hydrogens (tertiary/aromatic N) is 1. The molecule has 13 heavy (non-hydrogen) atoms. The lowest BCUT2D eigenvalue weighted by Crippen LogP contribution is -2.04. The minimum Gasteiger partial charge on any atom is -0.384 e. The topological polar surface area (TPSA) is 65.1 Å². The average molecular weight is 202 g/mol. The highest BCUT2D eigenvalue weighted by atomic mass is 32.2. The second-order valence-electron chi connectivity index (χ2n) is 3.26. The van der Waals surface area contributed by atoms with Gasteiger partial charge in [-0.3, -0.25) is 0 Å². The van der Waals surface area contributed by atoms with Crippen LogP contribution in [0.5, 0.6) is 0 Å². The highest BCUT2D eigenvalue weighted by Gasteiger charge is 2.20. The molecule has 0 amide bonds. The lowest BCUT2D eigenvalue weighted by atomic mass is 10.3. The lowest BCUT2D eigenvalue weighted by Gasteiger charge is -1.99. The molecule has 0 aliphatic heterocycles. The summed E-state index contributed by atoms with van der Waals surface area (Å²) in [6, 6.07) is 0. The molecule has 2 N–H and O–H groups in total. The molecule has 5 heteroatoms. The van der Waals surface area contributed by atoms with Crippen molar-refractivity contribution < 1.29 is 8.42 Å². The van der Waals surface area contributed by atoms with E-state index in [1.54, 1.807) is 18.5 Å². The maximum atomic E-state index is 11.3. The zero-order chi connectivity index (χ0) is 10.4. The molecule has 0 fully saturated rings. The number of nitrogens with two attached hydrogens (primary N) is 1. The van der Waals surface area contributed by atoms with E-state index in [4.69, 9.17) is 5.73 Å². The number of hydrogen-bond donors (Lipinski definition) is 1. The minimum atomic E-state index is -3.21. The van der Waals surface area contributed by atoms with Crippen molar-refractivity contribution in [2.45, 2.75) is 18.7 Å². The molecule has 4 nitrogen and oxygen atoms in total. The predicted octanol–water partition coefficient (Wildman–Crippen LogP) is 0.628. The summed E-state index contributed by atoms with van der Waals surface area (Å²) >= 11 is 0. The van der Waals surface area contributed by atoms with Gasteiger partial charge in [-0.25, -0.2) is 8.42 Å². The predicted molar refractivity (Wildman–Crippen MR) is 52.4 cm³/mol. The Morgan fingerprint density at radius 1 is 1.31 bits per heavy atom. The van der Waals surface area contributed by atoms with Crippen LogP contribution in [0.25, 0.3) is 0 Å². The van der Waals surface area contributed by atoms with Gasteiger partial charge in [0.05, 0.1) is 0 Å². The molecule has 1 rings (SSSR count). The standard InChI is InChI=1S/C8H14N2O2S/c1-5-6(2)10(3)8(9)7(5)13(4,11)12/h9H2,1-4H3. The molecule has 0 atom stereocenters. The third-order valence-electron chi connectivity index (χ3n) is 2.35. The van der Waals surface area contributed by atoms with E-state index in [1.807, 2.05) is 6.92 Å². The van der Waals surface area contributed by atoms with Crippen molar-refractivity contribution >= 4 is 15.7 Å². The van der Waals surface area contributed by atoms with E-state index < -0.39 is 9.84 Å². The molecule has 0 saturated carbocycles. The molecule has 1 aromatic heterocycles. The fraction of sp³-hybridized carbons (Fsp3) is 0.500. The second-order valence-corrected chi connectivity index (χ2v) is 5.21. The molecule has 0 saturated heterocycles. The molecule has 0 radical (unpaired) electrons. The Kier molecular flexibility index (Phi) is 2.15. The fourth-order valence-corrected chi connectivity index (χ4v) is 2.63.